The zero-order valence-corrected chi connectivity index (χ0v) is 17.1. The van der Waals surface area contributed by atoms with Gasteiger partial charge in [-0.05, 0) is 43.4 Å². The first kappa shape index (κ1) is 21.2. The van der Waals surface area contributed by atoms with E-state index in [2.05, 4.69) is 6.58 Å². The summed E-state index contributed by atoms with van der Waals surface area (Å²) in [5.41, 5.74) is 0.948. The lowest BCUT2D eigenvalue weighted by molar-refractivity contribution is -0.292. The number of hydrogen-bond acceptors (Lipinski definition) is 6. The summed E-state index contributed by atoms with van der Waals surface area (Å²) < 4.78 is 11.2. The van der Waals surface area contributed by atoms with Gasteiger partial charge in [-0.2, -0.15) is 0 Å². The summed E-state index contributed by atoms with van der Waals surface area (Å²) >= 11 is 1.18. The lowest BCUT2D eigenvalue weighted by Gasteiger charge is -2.45. The van der Waals surface area contributed by atoms with Gasteiger partial charge in [0.05, 0.1) is 25.4 Å². The fraction of sp³-hybridized carbons (Fsp3) is 0.571. The fourth-order valence-electron chi connectivity index (χ4n) is 3.92. The molecular formula is C21H29NO5S. The number of aliphatic hydroxyl groups is 2. The van der Waals surface area contributed by atoms with Gasteiger partial charge in [0, 0.05) is 18.7 Å². The van der Waals surface area contributed by atoms with Crippen molar-refractivity contribution in [3.05, 3.63) is 42.5 Å². The van der Waals surface area contributed by atoms with Gasteiger partial charge in [-0.1, -0.05) is 30.0 Å². The second-order valence-corrected chi connectivity index (χ2v) is 8.44. The number of unbranched alkanes of at least 4 members (excludes halogenated alkanes) is 1. The summed E-state index contributed by atoms with van der Waals surface area (Å²) in [6, 6.07) is 7.02. The maximum Gasteiger partial charge on any atom is 0.282 e. The Morgan fingerprint density at radius 2 is 2.18 bits per heavy atom. The minimum absolute atomic E-state index is 0.0823. The predicted molar refractivity (Wildman–Crippen MR) is 109 cm³/mol. The fourth-order valence-corrected chi connectivity index (χ4v) is 5.02. The Balaban J connectivity index is 1.72. The second kappa shape index (κ2) is 9.31. The van der Waals surface area contributed by atoms with Gasteiger partial charge in [-0.3, -0.25) is 4.79 Å². The van der Waals surface area contributed by atoms with Gasteiger partial charge in [0.1, 0.15) is 5.75 Å². The summed E-state index contributed by atoms with van der Waals surface area (Å²) in [5.74, 6) is -0.345. The van der Waals surface area contributed by atoms with E-state index in [1.165, 1.54) is 11.8 Å². The number of methoxy groups -OCH3 is 1. The van der Waals surface area contributed by atoms with E-state index in [1.54, 1.807) is 12.0 Å². The highest BCUT2D eigenvalue weighted by atomic mass is 32.2. The molecule has 2 saturated heterocycles. The van der Waals surface area contributed by atoms with E-state index in [-0.39, 0.29) is 17.8 Å². The number of aliphatic hydroxyl groups excluding tert-OH is 1. The Labute approximate surface area is 170 Å². The molecule has 6 nitrogen and oxygen atoms in total. The molecule has 0 aliphatic carbocycles. The summed E-state index contributed by atoms with van der Waals surface area (Å²) in [5, 5.41) is 21.6. The van der Waals surface area contributed by atoms with Gasteiger partial charge in [0.2, 0.25) is 0 Å². The number of carbonyl (C=O) groups is 1. The first-order valence-electron chi connectivity index (χ1n) is 9.70. The van der Waals surface area contributed by atoms with Crippen LogP contribution in [0, 0.1) is 0 Å². The number of benzene rings is 1. The number of rotatable bonds is 8. The van der Waals surface area contributed by atoms with Gasteiger partial charge in [0.15, 0.2) is 5.79 Å². The molecule has 2 aliphatic rings. The second-order valence-electron chi connectivity index (χ2n) is 7.47. The average molecular weight is 408 g/mol. The van der Waals surface area contributed by atoms with Crippen molar-refractivity contribution in [1.29, 1.82) is 0 Å². The average Bonchev–Trinajstić information content (AvgIpc) is 3.03. The van der Waals surface area contributed by atoms with Crippen LogP contribution in [0.5, 0.6) is 5.75 Å². The number of nitrogens with zero attached hydrogens (tertiary/aromatic N) is 1. The molecule has 3 rings (SSSR count). The summed E-state index contributed by atoms with van der Waals surface area (Å²) in [6.07, 6.45) is 4.12. The highest BCUT2D eigenvalue weighted by Crippen LogP contribution is 2.40. The summed E-state index contributed by atoms with van der Waals surface area (Å²) in [7, 11) is 1.61. The van der Waals surface area contributed by atoms with Crippen molar-refractivity contribution in [3.8, 4) is 5.75 Å². The molecule has 4 atom stereocenters. The number of thioether (sulfide) groups is 1. The maximum absolute atomic E-state index is 12.5. The molecule has 1 aromatic rings. The molecule has 0 aromatic heterocycles. The quantitative estimate of drug-likeness (QED) is 0.508. The number of amides is 1. The van der Waals surface area contributed by atoms with E-state index in [0.717, 1.165) is 30.6 Å². The van der Waals surface area contributed by atoms with E-state index in [4.69, 9.17) is 9.47 Å². The lowest BCUT2D eigenvalue weighted by atomic mass is 9.91. The maximum atomic E-state index is 12.5. The Hall–Kier alpha value is -1.54. The molecule has 28 heavy (non-hydrogen) atoms. The van der Waals surface area contributed by atoms with Gasteiger partial charge in [-0.15, -0.1) is 6.58 Å². The van der Waals surface area contributed by atoms with Crippen LogP contribution in [0.3, 0.4) is 0 Å². The summed E-state index contributed by atoms with van der Waals surface area (Å²) in [4.78, 5) is 14.2. The van der Waals surface area contributed by atoms with E-state index < -0.39 is 17.9 Å². The number of hydrogen-bond donors (Lipinski definition) is 2. The van der Waals surface area contributed by atoms with Gasteiger partial charge in [0.25, 0.3) is 5.24 Å². The SMILES string of the molecule is C=CCCCC1C[C@H](O)CC(O)(C2CSC(=O)N2Cc2ccc(OC)cc2)O1. The molecule has 2 heterocycles. The van der Waals surface area contributed by atoms with Gasteiger partial charge in [-0.25, -0.2) is 0 Å². The molecule has 0 spiro atoms. The molecule has 2 aliphatic heterocycles. The molecule has 0 saturated carbocycles. The Morgan fingerprint density at radius 3 is 2.86 bits per heavy atom. The summed E-state index contributed by atoms with van der Waals surface area (Å²) in [6.45, 7) is 4.10. The van der Waals surface area contributed by atoms with Crippen molar-refractivity contribution < 1.29 is 24.5 Å². The molecular weight excluding hydrogens is 378 g/mol. The molecule has 2 fully saturated rings. The Kier molecular flexibility index (Phi) is 7.04. The first-order chi connectivity index (χ1) is 13.4. The largest absolute Gasteiger partial charge is 0.497 e. The molecule has 3 unspecified atom stereocenters. The van der Waals surface area contributed by atoms with Crippen LogP contribution < -0.4 is 4.74 Å². The van der Waals surface area contributed by atoms with E-state index in [9.17, 15) is 15.0 Å². The Bertz CT molecular complexity index is 682. The molecule has 0 bridgehead atoms. The van der Waals surface area contributed by atoms with Crippen molar-refractivity contribution in [2.75, 3.05) is 12.9 Å². The normalized spacial score (nSPS) is 30.5. The van der Waals surface area contributed by atoms with E-state index in [0.29, 0.717) is 18.7 Å². The molecule has 0 radical (unpaired) electrons. The van der Waals surface area contributed by atoms with Crippen molar-refractivity contribution in [2.45, 2.75) is 62.7 Å². The Morgan fingerprint density at radius 1 is 1.43 bits per heavy atom. The number of ether oxygens (including phenoxy) is 2. The van der Waals surface area contributed by atoms with Crippen LogP contribution in [0.2, 0.25) is 0 Å². The minimum atomic E-state index is -1.54. The van der Waals surface area contributed by atoms with Crippen LogP contribution in [0.1, 0.15) is 37.7 Å². The van der Waals surface area contributed by atoms with Crippen molar-refractivity contribution in [3.63, 3.8) is 0 Å². The molecule has 1 aromatic carbocycles. The van der Waals surface area contributed by atoms with Crippen molar-refractivity contribution >= 4 is 17.0 Å². The van der Waals surface area contributed by atoms with Crippen LogP contribution in [0.4, 0.5) is 4.79 Å². The first-order valence-corrected chi connectivity index (χ1v) is 10.7. The molecule has 1 amide bonds. The van der Waals surface area contributed by atoms with Crippen LogP contribution in [-0.4, -0.2) is 57.3 Å². The highest BCUT2D eigenvalue weighted by molar-refractivity contribution is 8.13. The zero-order chi connectivity index (χ0) is 20.1. The lowest BCUT2D eigenvalue weighted by Crippen LogP contribution is -2.58. The van der Waals surface area contributed by atoms with Crippen LogP contribution in [0.25, 0.3) is 0 Å². The van der Waals surface area contributed by atoms with Crippen molar-refractivity contribution in [2.24, 2.45) is 0 Å². The van der Waals surface area contributed by atoms with Gasteiger partial charge >= 0.3 is 0 Å². The van der Waals surface area contributed by atoms with E-state index in [1.807, 2.05) is 30.3 Å². The third-order valence-corrected chi connectivity index (χ3v) is 6.34. The predicted octanol–water partition coefficient (Wildman–Crippen LogP) is 3.32. The standard InChI is InChI=1S/C21H29NO5S/c1-3-4-5-6-18-11-16(23)12-21(25,27-18)19-14-28-20(24)22(19)13-15-7-9-17(26-2)10-8-15/h3,7-10,16,18-19,23,25H,1,4-6,11-14H2,2H3/t16-,18?,19?,21?/m0/s1. The van der Waals surface area contributed by atoms with Gasteiger partial charge < -0.3 is 24.6 Å². The third kappa shape index (κ3) is 4.89. The monoisotopic (exact) mass is 407 g/mol. The minimum Gasteiger partial charge on any atom is -0.497 e. The number of carbonyl (C=O) groups excluding carboxylic acids is 1. The smallest absolute Gasteiger partial charge is 0.282 e. The topological polar surface area (TPSA) is 79.2 Å². The van der Waals surface area contributed by atoms with Crippen LogP contribution in [0.15, 0.2) is 36.9 Å². The van der Waals surface area contributed by atoms with Crippen molar-refractivity contribution in [1.82, 2.24) is 4.90 Å². The molecule has 7 heteroatoms. The highest BCUT2D eigenvalue weighted by Gasteiger charge is 2.51. The van der Waals surface area contributed by atoms with E-state index >= 15 is 0 Å². The third-order valence-electron chi connectivity index (χ3n) is 5.38. The van der Waals surface area contributed by atoms with Crippen LogP contribution in [-0.2, 0) is 11.3 Å². The molecule has 154 valence electrons. The van der Waals surface area contributed by atoms with Crippen LogP contribution >= 0.6 is 11.8 Å². The number of allylic oxidation sites excluding steroid dienone is 1. The molecule has 2 N–H and O–H groups in total. The zero-order valence-electron chi connectivity index (χ0n) is 16.3.